The third kappa shape index (κ3) is 12.0. The first kappa shape index (κ1) is 41.2. The Morgan fingerprint density at radius 1 is 0.906 bits per heavy atom. The van der Waals surface area contributed by atoms with Gasteiger partial charge in [0.2, 0.25) is 11.8 Å². The maximum atomic E-state index is 14.4. The van der Waals surface area contributed by atoms with E-state index < -0.39 is 17.7 Å². The van der Waals surface area contributed by atoms with Crippen molar-refractivity contribution >= 4 is 38.0 Å². The summed E-state index contributed by atoms with van der Waals surface area (Å²) in [5.74, 6) is -0.890. The highest BCUT2D eigenvalue weighted by Crippen LogP contribution is 2.34. The molecule has 2 atom stereocenters. The number of rotatable bonds is 20. The van der Waals surface area contributed by atoms with Crippen molar-refractivity contribution in [1.29, 1.82) is 0 Å². The van der Waals surface area contributed by atoms with Gasteiger partial charge in [0.15, 0.2) is 8.46 Å². The molecule has 53 heavy (non-hydrogen) atoms. The van der Waals surface area contributed by atoms with Crippen LogP contribution >= 0.6 is 8.46 Å². The van der Waals surface area contributed by atoms with Crippen LogP contribution in [0, 0.1) is 5.92 Å². The molecule has 0 saturated carbocycles. The van der Waals surface area contributed by atoms with Gasteiger partial charge in [-0.1, -0.05) is 92.7 Å². The second-order valence-corrected chi connectivity index (χ2v) is 14.4. The summed E-state index contributed by atoms with van der Waals surface area (Å²) in [4.78, 5) is 63.7. The van der Waals surface area contributed by atoms with Crippen molar-refractivity contribution in [1.82, 2.24) is 14.9 Å². The first-order chi connectivity index (χ1) is 25.7. The standard InChI is InChI=1S/C41H53N4O7P/c1-32(2)29-41(39(48)42-35-22-11-6-12-23-35,44(31-53-50)37(46)25-15-21-33-17-7-4-8-18-33)26-13-14-28-45(51-3)38(47)36-24-16-27-43(36)40(49)52-30-34-19-9-5-10-20-34/h4-12,17-20,22-23,32,36H,13-16,21,24-31H2,1-3H3,(H,42,48)/t36-,41-/m0/s1. The van der Waals surface area contributed by atoms with E-state index in [4.69, 9.17) is 9.57 Å². The molecule has 1 N–H and O–H groups in total. The van der Waals surface area contributed by atoms with Crippen LogP contribution in [0.5, 0.6) is 0 Å². The van der Waals surface area contributed by atoms with E-state index in [1.165, 1.54) is 22.0 Å². The van der Waals surface area contributed by atoms with Gasteiger partial charge in [0.05, 0.1) is 7.11 Å². The highest BCUT2D eigenvalue weighted by Gasteiger charge is 2.46. The van der Waals surface area contributed by atoms with Gasteiger partial charge in [-0.2, -0.15) is 0 Å². The minimum atomic E-state index is -1.31. The van der Waals surface area contributed by atoms with Crippen molar-refractivity contribution in [3.05, 3.63) is 102 Å². The lowest BCUT2D eigenvalue weighted by atomic mass is 9.81. The first-order valence-corrected chi connectivity index (χ1v) is 19.5. The summed E-state index contributed by atoms with van der Waals surface area (Å²) in [6.45, 7) is 4.73. The lowest BCUT2D eigenvalue weighted by Crippen LogP contribution is -2.59. The second kappa shape index (κ2) is 21.2. The zero-order chi connectivity index (χ0) is 38.1. The van der Waals surface area contributed by atoms with Crippen LogP contribution in [0.2, 0.25) is 0 Å². The lowest BCUT2D eigenvalue weighted by Gasteiger charge is -2.43. The molecule has 0 aromatic heterocycles. The number of aryl methyl sites for hydroxylation is 1. The maximum Gasteiger partial charge on any atom is 0.410 e. The Balaban J connectivity index is 1.47. The fraction of sp³-hybridized carbons (Fsp3) is 0.463. The predicted octanol–water partition coefficient (Wildman–Crippen LogP) is 7.87. The summed E-state index contributed by atoms with van der Waals surface area (Å²) in [5, 5.41) is 4.31. The SMILES string of the molecule is CON(CCCC[C@](CC(C)C)(C(=O)Nc1ccccc1)N(CP=O)C(=O)CCCc1ccccc1)C(=O)[C@@H]1CCCN1C(=O)OCc1ccccc1. The molecule has 1 fully saturated rings. The molecule has 1 aliphatic rings. The summed E-state index contributed by atoms with van der Waals surface area (Å²) < 4.78 is 17.8. The molecule has 1 heterocycles. The summed E-state index contributed by atoms with van der Waals surface area (Å²) in [6, 6.07) is 27.7. The number of hydroxylamine groups is 2. The summed E-state index contributed by atoms with van der Waals surface area (Å²) >= 11 is 0. The van der Waals surface area contributed by atoms with Crippen LogP contribution in [0.3, 0.4) is 0 Å². The van der Waals surface area contributed by atoms with Crippen LogP contribution in [0.4, 0.5) is 10.5 Å². The van der Waals surface area contributed by atoms with Crippen molar-refractivity contribution in [3.63, 3.8) is 0 Å². The zero-order valence-electron chi connectivity index (χ0n) is 31.2. The van der Waals surface area contributed by atoms with E-state index in [1.807, 2.05) is 92.7 Å². The zero-order valence-corrected chi connectivity index (χ0v) is 32.0. The Morgan fingerprint density at radius 2 is 1.55 bits per heavy atom. The third-order valence-corrected chi connectivity index (χ3v) is 9.96. The third-order valence-electron chi connectivity index (χ3n) is 9.56. The van der Waals surface area contributed by atoms with Crippen LogP contribution in [0.1, 0.15) is 76.3 Å². The van der Waals surface area contributed by atoms with Gasteiger partial charge in [0.1, 0.15) is 24.5 Å². The fourth-order valence-electron chi connectivity index (χ4n) is 7.03. The molecule has 4 rings (SSSR count). The number of carbonyl (C=O) groups is 4. The highest BCUT2D eigenvalue weighted by molar-refractivity contribution is 7.23. The van der Waals surface area contributed by atoms with E-state index in [0.717, 1.165) is 11.1 Å². The normalized spacial score (nSPS) is 15.2. The van der Waals surface area contributed by atoms with Crippen molar-refractivity contribution in [2.24, 2.45) is 5.92 Å². The van der Waals surface area contributed by atoms with Crippen molar-refractivity contribution in [2.75, 3.05) is 31.8 Å². The fourth-order valence-corrected chi connectivity index (χ4v) is 7.57. The van der Waals surface area contributed by atoms with E-state index in [0.29, 0.717) is 57.2 Å². The number of nitrogens with one attached hydrogen (secondary N) is 1. The Labute approximate surface area is 315 Å². The molecule has 0 aliphatic carbocycles. The number of amides is 4. The van der Waals surface area contributed by atoms with Crippen LogP contribution in [-0.4, -0.2) is 76.7 Å². The molecule has 0 spiro atoms. The topological polar surface area (TPSA) is 126 Å². The van der Waals surface area contributed by atoms with Gasteiger partial charge < -0.3 is 15.0 Å². The minimum absolute atomic E-state index is 0.0199. The van der Waals surface area contributed by atoms with Gasteiger partial charge in [-0.05, 0) is 80.5 Å². The molecule has 0 bridgehead atoms. The predicted molar refractivity (Wildman–Crippen MR) is 205 cm³/mol. The maximum absolute atomic E-state index is 14.4. The van der Waals surface area contributed by atoms with Crippen LogP contribution < -0.4 is 5.32 Å². The molecule has 3 aromatic rings. The Kier molecular flexibility index (Phi) is 16.5. The number of benzene rings is 3. The molecule has 284 valence electrons. The van der Waals surface area contributed by atoms with Gasteiger partial charge in [0.25, 0.3) is 5.91 Å². The Bertz CT molecular complexity index is 1610. The quantitative estimate of drug-likeness (QED) is 0.0709. The van der Waals surface area contributed by atoms with E-state index in [9.17, 15) is 23.7 Å². The summed E-state index contributed by atoms with van der Waals surface area (Å²) in [6.07, 6.45) is 3.49. The molecule has 12 heteroatoms. The Hall–Kier alpha value is -4.60. The smallest absolute Gasteiger partial charge is 0.410 e. The lowest BCUT2D eigenvalue weighted by molar-refractivity contribution is -0.180. The first-order valence-electron chi connectivity index (χ1n) is 18.5. The number of anilines is 1. The number of hydrogen-bond acceptors (Lipinski definition) is 7. The average molecular weight is 745 g/mol. The van der Waals surface area contributed by atoms with Gasteiger partial charge in [0, 0.05) is 25.2 Å². The number of hydrogen-bond donors (Lipinski definition) is 1. The molecular weight excluding hydrogens is 691 g/mol. The molecule has 0 unspecified atom stereocenters. The molecule has 11 nitrogen and oxygen atoms in total. The van der Waals surface area contributed by atoms with Crippen molar-refractivity contribution in [2.45, 2.75) is 89.8 Å². The van der Waals surface area contributed by atoms with Crippen LogP contribution in [-0.2, 0) is 41.6 Å². The molecule has 1 aliphatic heterocycles. The van der Waals surface area contributed by atoms with Gasteiger partial charge >= 0.3 is 6.09 Å². The number of likely N-dealkylation sites (tertiary alicyclic amines) is 1. The number of nitrogens with zero attached hydrogens (tertiary/aromatic N) is 3. The number of ether oxygens (including phenoxy) is 1. The van der Waals surface area contributed by atoms with Crippen molar-refractivity contribution in [3.8, 4) is 0 Å². The summed E-state index contributed by atoms with van der Waals surface area (Å²) in [7, 11) is 1.15. The van der Waals surface area contributed by atoms with E-state index in [1.54, 1.807) is 12.1 Å². The van der Waals surface area contributed by atoms with E-state index in [-0.39, 0.29) is 64.4 Å². The highest BCUT2D eigenvalue weighted by atomic mass is 31.1. The van der Waals surface area contributed by atoms with Gasteiger partial charge in [-0.15, -0.1) is 0 Å². The summed E-state index contributed by atoms with van der Waals surface area (Å²) in [5.41, 5.74) is 1.26. The molecule has 3 aromatic carbocycles. The van der Waals surface area contributed by atoms with Crippen LogP contribution in [0.25, 0.3) is 0 Å². The van der Waals surface area contributed by atoms with Gasteiger partial charge in [-0.25, -0.2) is 9.86 Å². The molecule has 0 radical (unpaired) electrons. The van der Waals surface area contributed by atoms with Gasteiger partial charge in [-0.3, -0.25) is 28.7 Å². The minimum Gasteiger partial charge on any atom is -0.445 e. The average Bonchev–Trinajstić information content (AvgIpc) is 3.67. The molecule has 4 amide bonds. The largest absolute Gasteiger partial charge is 0.445 e. The van der Waals surface area contributed by atoms with E-state index in [2.05, 4.69) is 5.32 Å². The van der Waals surface area contributed by atoms with Crippen LogP contribution in [0.15, 0.2) is 91.0 Å². The van der Waals surface area contributed by atoms with Crippen molar-refractivity contribution < 1.29 is 33.3 Å². The monoisotopic (exact) mass is 744 g/mol. The second-order valence-electron chi connectivity index (χ2n) is 13.9. The number of unbranched alkanes of at least 4 members (excludes halogenated alkanes) is 1. The Morgan fingerprint density at radius 3 is 2.17 bits per heavy atom. The molecule has 1 saturated heterocycles. The molecular formula is C41H53N4O7P. The number of carbonyl (C=O) groups excluding carboxylic acids is 4. The van der Waals surface area contributed by atoms with E-state index >= 15 is 0 Å². The number of para-hydroxylation sites is 1.